The number of carbonyl (C=O) groups is 1. The Hall–Kier alpha value is -0.780. The number of amides is 1. The van der Waals surface area contributed by atoms with Gasteiger partial charge in [-0.05, 0) is 45.2 Å². The lowest BCUT2D eigenvalue weighted by Crippen LogP contribution is -2.49. The van der Waals surface area contributed by atoms with Crippen LogP contribution in [0.2, 0.25) is 10.0 Å². The summed E-state index contributed by atoms with van der Waals surface area (Å²) >= 11 is 12.0. The molecule has 1 aliphatic heterocycles. The molecule has 1 fully saturated rings. The Morgan fingerprint density at radius 1 is 1.17 bits per heavy atom. The van der Waals surface area contributed by atoms with Gasteiger partial charge in [-0.3, -0.25) is 4.79 Å². The lowest BCUT2D eigenvalue weighted by atomic mass is 9.98. The Kier molecular flexibility index (Phi) is 5.98. The molecule has 1 aromatic rings. The van der Waals surface area contributed by atoms with Crippen LogP contribution in [0.1, 0.15) is 38.7 Å². The van der Waals surface area contributed by atoms with Crippen molar-refractivity contribution < 1.29 is 13.2 Å². The van der Waals surface area contributed by atoms with Gasteiger partial charge in [0.15, 0.2) is 9.84 Å². The number of carbonyl (C=O) groups excluding carboxylic acids is 1. The van der Waals surface area contributed by atoms with E-state index in [9.17, 15) is 13.2 Å². The number of hydrogen-bond donors (Lipinski definition) is 0. The van der Waals surface area contributed by atoms with Gasteiger partial charge in [0.05, 0.1) is 5.75 Å². The molecule has 0 unspecified atom stereocenters. The van der Waals surface area contributed by atoms with E-state index in [-0.39, 0.29) is 23.7 Å². The molecule has 0 N–H and O–H groups in total. The predicted octanol–water partition coefficient (Wildman–Crippen LogP) is 3.70. The monoisotopic (exact) mass is 377 g/mol. The Balaban J connectivity index is 2.13. The maximum Gasteiger partial charge on any atom is 0.238 e. The highest BCUT2D eigenvalue weighted by atomic mass is 35.5. The molecule has 2 rings (SSSR count). The molecule has 0 radical (unpaired) electrons. The number of halogens is 2. The molecule has 1 heterocycles. The van der Waals surface area contributed by atoms with E-state index < -0.39 is 15.6 Å². The normalized spacial score (nSPS) is 22.2. The highest BCUT2D eigenvalue weighted by Crippen LogP contribution is 2.27. The van der Waals surface area contributed by atoms with Crippen molar-refractivity contribution >= 4 is 38.9 Å². The van der Waals surface area contributed by atoms with Crippen LogP contribution >= 0.6 is 23.2 Å². The summed E-state index contributed by atoms with van der Waals surface area (Å²) in [5.41, 5.74) is 0.350. The zero-order valence-corrected chi connectivity index (χ0v) is 15.6. The summed E-state index contributed by atoms with van der Waals surface area (Å²) in [7, 11) is -3.64. The van der Waals surface area contributed by atoms with Gasteiger partial charge in [0.25, 0.3) is 0 Å². The molecular formula is C16H21Cl2NO3S. The van der Waals surface area contributed by atoms with Gasteiger partial charge in [-0.15, -0.1) is 0 Å². The number of nitrogens with zero attached hydrogens (tertiary/aromatic N) is 1. The number of rotatable bonds is 4. The fraction of sp³-hybridized carbons (Fsp3) is 0.562. The molecule has 0 aliphatic carbocycles. The maximum atomic E-state index is 12.5. The van der Waals surface area contributed by atoms with Gasteiger partial charge in [0.1, 0.15) is 5.75 Å². The van der Waals surface area contributed by atoms with Crippen LogP contribution in [0.25, 0.3) is 0 Å². The minimum absolute atomic E-state index is 0.0744. The third-order valence-electron chi connectivity index (χ3n) is 4.25. The second kappa shape index (κ2) is 7.41. The molecule has 23 heavy (non-hydrogen) atoms. The minimum atomic E-state index is -3.64. The van der Waals surface area contributed by atoms with Gasteiger partial charge in [-0.25, -0.2) is 8.42 Å². The fourth-order valence-electron chi connectivity index (χ4n) is 3.12. The summed E-state index contributed by atoms with van der Waals surface area (Å²) in [4.78, 5) is 14.2. The number of benzene rings is 1. The molecule has 128 valence electrons. The van der Waals surface area contributed by atoms with Crippen LogP contribution < -0.4 is 0 Å². The molecule has 1 amide bonds. The van der Waals surface area contributed by atoms with Crippen LogP contribution in [0.4, 0.5) is 0 Å². The average molecular weight is 378 g/mol. The SMILES string of the molecule is C[C@H]1CCC[C@H](C)N1C(=O)CS(=O)(=O)Cc1c(Cl)cccc1Cl. The number of sulfone groups is 1. The lowest BCUT2D eigenvalue weighted by Gasteiger charge is -2.39. The van der Waals surface area contributed by atoms with Crippen molar-refractivity contribution in [1.82, 2.24) is 4.90 Å². The second-order valence-electron chi connectivity index (χ2n) is 6.16. The molecule has 0 aromatic heterocycles. The van der Waals surface area contributed by atoms with Crippen molar-refractivity contribution in [2.45, 2.75) is 50.9 Å². The van der Waals surface area contributed by atoms with E-state index in [0.717, 1.165) is 19.3 Å². The number of hydrogen-bond acceptors (Lipinski definition) is 3. The van der Waals surface area contributed by atoms with E-state index in [1.54, 1.807) is 23.1 Å². The largest absolute Gasteiger partial charge is 0.336 e. The summed E-state index contributed by atoms with van der Waals surface area (Å²) in [6.07, 6.45) is 2.88. The summed E-state index contributed by atoms with van der Waals surface area (Å²) in [5.74, 6) is -1.18. The first-order valence-electron chi connectivity index (χ1n) is 7.66. The Bertz CT molecular complexity index is 660. The number of piperidine rings is 1. The molecule has 1 aliphatic rings. The first-order valence-corrected chi connectivity index (χ1v) is 10.2. The first-order chi connectivity index (χ1) is 10.7. The van der Waals surface area contributed by atoms with Gasteiger partial charge in [0, 0.05) is 27.7 Å². The van der Waals surface area contributed by atoms with Crippen molar-refractivity contribution in [3.8, 4) is 0 Å². The summed E-state index contributed by atoms with van der Waals surface area (Å²) < 4.78 is 24.8. The van der Waals surface area contributed by atoms with Gasteiger partial charge in [0.2, 0.25) is 5.91 Å². The van der Waals surface area contributed by atoms with Crippen LogP contribution in [-0.4, -0.2) is 37.1 Å². The molecule has 1 aromatic carbocycles. The molecule has 4 nitrogen and oxygen atoms in total. The third-order valence-corrected chi connectivity index (χ3v) is 6.37. The number of likely N-dealkylation sites (tertiary alicyclic amines) is 1. The molecular weight excluding hydrogens is 357 g/mol. The van der Waals surface area contributed by atoms with Crippen LogP contribution in [-0.2, 0) is 20.4 Å². The zero-order chi connectivity index (χ0) is 17.2. The van der Waals surface area contributed by atoms with Crippen LogP contribution in [0.3, 0.4) is 0 Å². The van der Waals surface area contributed by atoms with Crippen molar-refractivity contribution in [2.24, 2.45) is 0 Å². The predicted molar refractivity (Wildman–Crippen MR) is 93.6 cm³/mol. The molecule has 7 heteroatoms. The van der Waals surface area contributed by atoms with Gasteiger partial charge in [-0.1, -0.05) is 29.3 Å². The summed E-state index contributed by atoms with van der Waals surface area (Å²) in [6, 6.07) is 4.99. The van der Waals surface area contributed by atoms with Gasteiger partial charge >= 0.3 is 0 Å². The summed E-state index contributed by atoms with van der Waals surface area (Å²) in [5, 5.41) is 0.599. The van der Waals surface area contributed by atoms with Crippen LogP contribution in [0, 0.1) is 0 Å². The summed E-state index contributed by atoms with van der Waals surface area (Å²) in [6.45, 7) is 3.93. The lowest BCUT2D eigenvalue weighted by molar-refractivity contribution is -0.134. The topological polar surface area (TPSA) is 54.5 Å². The van der Waals surface area contributed by atoms with Crippen molar-refractivity contribution in [1.29, 1.82) is 0 Å². The second-order valence-corrected chi connectivity index (χ2v) is 9.04. The average Bonchev–Trinajstić information content (AvgIpc) is 2.42. The molecule has 0 bridgehead atoms. The highest BCUT2D eigenvalue weighted by molar-refractivity contribution is 7.91. The fourth-order valence-corrected chi connectivity index (χ4v) is 5.18. The highest BCUT2D eigenvalue weighted by Gasteiger charge is 2.31. The van der Waals surface area contributed by atoms with E-state index in [0.29, 0.717) is 15.6 Å². The molecule has 1 saturated heterocycles. The van der Waals surface area contributed by atoms with Gasteiger partial charge in [-0.2, -0.15) is 0 Å². The van der Waals surface area contributed by atoms with Crippen LogP contribution in [0.15, 0.2) is 18.2 Å². The Labute approximate surface area is 147 Å². The minimum Gasteiger partial charge on any atom is -0.336 e. The van der Waals surface area contributed by atoms with Crippen molar-refractivity contribution in [3.05, 3.63) is 33.8 Å². The van der Waals surface area contributed by atoms with E-state index in [1.807, 2.05) is 13.8 Å². The molecule has 2 atom stereocenters. The Morgan fingerprint density at radius 2 is 1.70 bits per heavy atom. The maximum absolute atomic E-state index is 12.5. The third kappa shape index (κ3) is 4.61. The van der Waals surface area contributed by atoms with E-state index in [1.165, 1.54) is 0 Å². The van der Waals surface area contributed by atoms with Crippen molar-refractivity contribution in [3.63, 3.8) is 0 Å². The van der Waals surface area contributed by atoms with Crippen LogP contribution in [0.5, 0.6) is 0 Å². The Morgan fingerprint density at radius 3 is 2.22 bits per heavy atom. The van der Waals surface area contributed by atoms with Gasteiger partial charge < -0.3 is 4.90 Å². The van der Waals surface area contributed by atoms with Crippen molar-refractivity contribution in [2.75, 3.05) is 5.75 Å². The zero-order valence-electron chi connectivity index (χ0n) is 13.3. The molecule has 0 saturated carbocycles. The van der Waals surface area contributed by atoms with E-state index in [4.69, 9.17) is 23.2 Å². The smallest absolute Gasteiger partial charge is 0.238 e. The molecule has 0 spiro atoms. The van der Waals surface area contributed by atoms with E-state index >= 15 is 0 Å². The standard InChI is InChI=1S/C16H21Cl2NO3S/c1-11-5-3-6-12(2)19(11)16(20)10-23(21,22)9-13-14(17)7-4-8-15(13)18/h4,7-8,11-12H,3,5-6,9-10H2,1-2H3/t11-,12-/m0/s1. The quantitative estimate of drug-likeness (QED) is 0.803. The van der Waals surface area contributed by atoms with E-state index in [2.05, 4.69) is 0 Å². The first kappa shape index (κ1) is 18.6.